The lowest BCUT2D eigenvalue weighted by Crippen LogP contribution is -2.43. The van der Waals surface area contributed by atoms with Crippen LogP contribution in [0.2, 0.25) is 0 Å². The summed E-state index contributed by atoms with van der Waals surface area (Å²) in [7, 11) is -4.78. The lowest BCUT2D eigenvalue weighted by molar-refractivity contribution is -0.147. The number of rotatable bonds is 46. The summed E-state index contributed by atoms with van der Waals surface area (Å²) in [4.78, 5) is 46.1. The molecule has 0 saturated carbocycles. The van der Waals surface area contributed by atoms with Gasteiger partial charge in [-0.3, -0.25) is 18.6 Å². The van der Waals surface area contributed by atoms with Gasteiger partial charge >= 0.3 is 19.8 Å². The van der Waals surface area contributed by atoms with Gasteiger partial charge in [-0.25, -0.2) is 9.36 Å². The first-order valence-electron chi connectivity index (χ1n) is 25.0. The first-order valence-corrected chi connectivity index (χ1v) is 26.5. The van der Waals surface area contributed by atoms with E-state index in [1.54, 1.807) is 0 Å². The quantitative estimate of drug-likeness (QED) is 0.0200. The minimum atomic E-state index is -4.78. The summed E-state index contributed by atoms with van der Waals surface area (Å²) >= 11 is 0. The van der Waals surface area contributed by atoms with Gasteiger partial charge < -0.3 is 25.2 Å². The Morgan fingerprint density at radius 3 is 1.41 bits per heavy atom. The van der Waals surface area contributed by atoms with Crippen LogP contribution >= 0.6 is 7.82 Å². The van der Waals surface area contributed by atoms with Crippen molar-refractivity contribution in [3.05, 3.63) is 72.9 Å². The standard InChI is InChI=1S/C52H90NO10P/c1-3-5-7-9-11-13-15-17-19-21-22-23-24-25-26-28-29-31-33-35-37-39-41-43-50(55)53-49(52(57)58)47-63-64(59,60)62-46-48(54)45-61-51(56)44-42-40-38-36-34-32-30-27-20-18-16-14-12-10-8-6-4-2/h6,8,12,14,17-20,30,32,36,38,48-49,54H,3-5,7,9-11,13,15-16,21-29,31,33-35,37,39-47H2,1-2H3,(H,53,55)(H,57,58)(H,59,60)/b8-6-,14-12-,19-17+,20-18-,32-30-,38-36-. The number of hydrogen-bond donors (Lipinski definition) is 4. The maximum atomic E-state index is 12.4. The molecule has 0 fully saturated rings. The molecular formula is C52H90NO10P. The van der Waals surface area contributed by atoms with Gasteiger partial charge in [-0.2, -0.15) is 0 Å². The van der Waals surface area contributed by atoms with Gasteiger partial charge in [-0.05, 0) is 77.0 Å². The van der Waals surface area contributed by atoms with Gasteiger partial charge in [0.05, 0.1) is 13.2 Å². The molecule has 12 heteroatoms. The molecule has 1 amide bonds. The number of aliphatic hydroxyl groups is 1. The number of ether oxygens (including phenoxy) is 1. The number of esters is 1. The first-order chi connectivity index (χ1) is 31.1. The van der Waals surface area contributed by atoms with Gasteiger partial charge in [0.25, 0.3) is 0 Å². The van der Waals surface area contributed by atoms with Crippen molar-refractivity contribution in [2.45, 2.75) is 219 Å². The van der Waals surface area contributed by atoms with Crippen LogP contribution in [0.4, 0.5) is 0 Å². The van der Waals surface area contributed by atoms with E-state index in [0.717, 1.165) is 51.4 Å². The predicted molar refractivity (Wildman–Crippen MR) is 263 cm³/mol. The Morgan fingerprint density at radius 2 is 0.922 bits per heavy atom. The average molecular weight is 920 g/mol. The number of carboxylic acids is 1. The Hall–Kier alpha value is -3.08. The molecule has 0 aromatic carbocycles. The van der Waals surface area contributed by atoms with Crippen LogP contribution in [0.1, 0.15) is 206 Å². The van der Waals surface area contributed by atoms with Gasteiger partial charge in [0.1, 0.15) is 12.7 Å². The molecule has 0 spiro atoms. The number of hydrogen-bond acceptors (Lipinski definition) is 8. The van der Waals surface area contributed by atoms with E-state index in [1.165, 1.54) is 109 Å². The number of carboxylic acid groups (broad SMARTS) is 1. The zero-order chi connectivity index (χ0) is 47.0. The first kappa shape index (κ1) is 60.9. The highest BCUT2D eigenvalue weighted by Crippen LogP contribution is 2.43. The molecule has 11 nitrogen and oxygen atoms in total. The summed E-state index contributed by atoms with van der Waals surface area (Å²) in [5.74, 6) is -2.44. The summed E-state index contributed by atoms with van der Waals surface area (Å²) in [6.45, 7) is 2.43. The van der Waals surface area contributed by atoms with Crippen LogP contribution in [0.25, 0.3) is 0 Å². The molecule has 4 N–H and O–H groups in total. The number of amides is 1. The van der Waals surface area contributed by atoms with Crippen LogP contribution in [0.15, 0.2) is 72.9 Å². The van der Waals surface area contributed by atoms with E-state index >= 15 is 0 Å². The molecule has 0 aliphatic heterocycles. The Bertz CT molecular complexity index is 1360. The second-order valence-electron chi connectivity index (χ2n) is 16.6. The van der Waals surface area contributed by atoms with Crippen LogP contribution in [-0.2, 0) is 32.7 Å². The largest absolute Gasteiger partial charge is 0.480 e. The van der Waals surface area contributed by atoms with Crippen LogP contribution in [0.3, 0.4) is 0 Å². The Kier molecular flexibility index (Phi) is 44.2. The molecule has 64 heavy (non-hydrogen) atoms. The molecule has 0 aromatic heterocycles. The third-order valence-electron chi connectivity index (χ3n) is 10.5. The molecule has 3 atom stereocenters. The Balaban J connectivity index is 3.89. The highest BCUT2D eigenvalue weighted by Gasteiger charge is 2.28. The molecule has 368 valence electrons. The molecule has 0 aliphatic carbocycles. The van der Waals surface area contributed by atoms with Crippen molar-refractivity contribution >= 4 is 25.7 Å². The molecule has 0 aliphatic rings. The zero-order valence-electron chi connectivity index (χ0n) is 40.1. The second kappa shape index (κ2) is 46.4. The maximum absolute atomic E-state index is 12.4. The molecule has 3 unspecified atom stereocenters. The fourth-order valence-corrected chi connectivity index (χ4v) is 7.41. The number of allylic oxidation sites excluding steroid dienone is 12. The summed E-state index contributed by atoms with van der Waals surface area (Å²) in [6.07, 6.45) is 56.5. The number of phosphoric acid groups is 1. The van der Waals surface area contributed by atoms with E-state index in [0.29, 0.717) is 19.3 Å². The average Bonchev–Trinajstić information content (AvgIpc) is 3.27. The highest BCUT2D eigenvalue weighted by molar-refractivity contribution is 7.47. The number of carbonyl (C=O) groups excluding carboxylic acids is 2. The van der Waals surface area contributed by atoms with Crippen LogP contribution in [-0.4, -0.2) is 64.9 Å². The summed E-state index contributed by atoms with van der Waals surface area (Å²) in [5, 5.41) is 21.9. The number of nitrogens with one attached hydrogen (secondary N) is 1. The van der Waals surface area contributed by atoms with Crippen molar-refractivity contribution in [3.8, 4) is 0 Å². The Morgan fingerprint density at radius 1 is 0.516 bits per heavy atom. The van der Waals surface area contributed by atoms with Crippen molar-refractivity contribution in [3.63, 3.8) is 0 Å². The van der Waals surface area contributed by atoms with Crippen molar-refractivity contribution in [2.75, 3.05) is 19.8 Å². The maximum Gasteiger partial charge on any atom is 0.472 e. The van der Waals surface area contributed by atoms with E-state index in [1.807, 2.05) is 12.2 Å². The van der Waals surface area contributed by atoms with Gasteiger partial charge in [0, 0.05) is 12.8 Å². The van der Waals surface area contributed by atoms with E-state index in [9.17, 15) is 34.1 Å². The van der Waals surface area contributed by atoms with Gasteiger partial charge in [0.2, 0.25) is 5.91 Å². The van der Waals surface area contributed by atoms with Crippen molar-refractivity contribution in [1.82, 2.24) is 5.32 Å². The van der Waals surface area contributed by atoms with Crippen LogP contribution in [0, 0.1) is 0 Å². The SMILES string of the molecule is CC/C=C\C/C=C\C/C=C\C/C=C\C/C=C\CCCC(=O)OCC(O)COP(=O)(O)OCC(NC(=O)CCCCCCCCCCCCCCC/C=C/CCCCCCCC)C(=O)O. The van der Waals surface area contributed by atoms with Crippen molar-refractivity contribution in [1.29, 1.82) is 0 Å². The van der Waals surface area contributed by atoms with Gasteiger partial charge in [-0.1, -0.05) is 189 Å². The highest BCUT2D eigenvalue weighted by atomic mass is 31.2. The minimum Gasteiger partial charge on any atom is -0.480 e. The molecule has 0 rings (SSSR count). The molecule has 0 heterocycles. The number of phosphoric ester groups is 1. The lowest BCUT2D eigenvalue weighted by Gasteiger charge is -2.18. The predicted octanol–water partition coefficient (Wildman–Crippen LogP) is 13.7. The van der Waals surface area contributed by atoms with Crippen molar-refractivity contribution in [2.24, 2.45) is 0 Å². The summed E-state index contributed by atoms with van der Waals surface area (Å²) in [6, 6.07) is -1.56. The fourth-order valence-electron chi connectivity index (χ4n) is 6.64. The second-order valence-corrected chi connectivity index (χ2v) is 18.1. The Labute approximate surface area is 389 Å². The van der Waals surface area contributed by atoms with Crippen LogP contribution in [0.5, 0.6) is 0 Å². The summed E-state index contributed by atoms with van der Waals surface area (Å²) < 4.78 is 26.9. The monoisotopic (exact) mass is 920 g/mol. The number of aliphatic carboxylic acids is 1. The third kappa shape index (κ3) is 45.5. The molecule has 0 bridgehead atoms. The molecule has 0 radical (unpaired) electrons. The van der Waals surface area contributed by atoms with E-state index in [2.05, 4.69) is 79.9 Å². The lowest BCUT2D eigenvalue weighted by atomic mass is 10.0. The normalized spacial score (nSPS) is 14.2. The van der Waals surface area contributed by atoms with E-state index in [-0.39, 0.29) is 12.8 Å². The zero-order valence-corrected chi connectivity index (χ0v) is 41.0. The minimum absolute atomic E-state index is 0.140. The van der Waals surface area contributed by atoms with E-state index in [4.69, 9.17) is 13.8 Å². The van der Waals surface area contributed by atoms with E-state index < -0.39 is 57.6 Å². The van der Waals surface area contributed by atoms with Crippen molar-refractivity contribution < 1.29 is 47.8 Å². The molecular weight excluding hydrogens is 830 g/mol. The molecule has 0 aromatic rings. The van der Waals surface area contributed by atoms with Crippen LogP contribution < -0.4 is 5.32 Å². The van der Waals surface area contributed by atoms with Gasteiger partial charge in [-0.15, -0.1) is 0 Å². The smallest absolute Gasteiger partial charge is 0.472 e. The number of carbonyl (C=O) groups is 3. The fraction of sp³-hybridized carbons (Fsp3) is 0.712. The summed E-state index contributed by atoms with van der Waals surface area (Å²) in [5.41, 5.74) is 0. The topological polar surface area (TPSA) is 169 Å². The number of unbranched alkanes of at least 4 members (excludes halogenated alkanes) is 20. The van der Waals surface area contributed by atoms with Gasteiger partial charge in [0.15, 0.2) is 6.04 Å². The third-order valence-corrected chi connectivity index (χ3v) is 11.4. The molecule has 0 saturated heterocycles. The number of aliphatic hydroxyl groups excluding tert-OH is 1.